The first-order chi connectivity index (χ1) is 17.9. The second-order valence-electron chi connectivity index (χ2n) is 8.88. The molecule has 0 fully saturated rings. The Labute approximate surface area is 218 Å². The van der Waals surface area contributed by atoms with Crippen molar-refractivity contribution in [2.24, 2.45) is 17.2 Å². The van der Waals surface area contributed by atoms with Gasteiger partial charge in [-0.05, 0) is 31.4 Å². The van der Waals surface area contributed by atoms with E-state index >= 15 is 0 Å². The number of H-pyrrole nitrogens is 1. The van der Waals surface area contributed by atoms with Crippen LogP contribution in [0.1, 0.15) is 38.2 Å². The number of hydrogen-bond donors (Lipinski definition) is 8. The van der Waals surface area contributed by atoms with E-state index in [0.29, 0.717) is 5.56 Å². The fourth-order valence-electron chi connectivity index (χ4n) is 3.68. The van der Waals surface area contributed by atoms with Gasteiger partial charge in [-0.25, -0.2) is 4.79 Å². The van der Waals surface area contributed by atoms with Crippen molar-refractivity contribution >= 4 is 46.4 Å². The van der Waals surface area contributed by atoms with Crippen LogP contribution in [0.5, 0.6) is 0 Å². The van der Waals surface area contributed by atoms with Crippen molar-refractivity contribution in [3.63, 3.8) is 0 Å². The lowest BCUT2D eigenvalue weighted by Crippen LogP contribution is -2.57. The van der Waals surface area contributed by atoms with Crippen molar-refractivity contribution in [3.8, 4) is 0 Å². The fraction of sp³-hybridized carbons (Fsp3) is 0.417. The number of primary amides is 2. The molecule has 2 rings (SSSR count). The van der Waals surface area contributed by atoms with Gasteiger partial charge >= 0.3 is 5.97 Å². The molecule has 1 aromatic carbocycles. The van der Waals surface area contributed by atoms with E-state index in [9.17, 15) is 33.9 Å². The first-order valence-corrected chi connectivity index (χ1v) is 11.9. The minimum absolute atomic E-state index is 0.0365. The molecule has 0 radical (unpaired) electrons. The van der Waals surface area contributed by atoms with Crippen LogP contribution >= 0.6 is 0 Å². The van der Waals surface area contributed by atoms with Crippen LogP contribution in [0.15, 0.2) is 30.5 Å². The largest absolute Gasteiger partial charge is 0.480 e. The number of carbonyl (C=O) groups is 6. The number of aromatic amines is 1. The minimum atomic E-state index is -1.47. The quantitative estimate of drug-likeness (QED) is 0.129. The molecule has 2 aromatic rings. The summed E-state index contributed by atoms with van der Waals surface area (Å²) in [5, 5.41) is 17.5. The number of aliphatic carboxylic acids is 1. The summed E-state index contributed by atoms with van der Waals surface area (Å²) < 4.78 is 0. The van der Waals surface area contributed by atoms with Crippen LogP contribution in [0.4, 0.5) is 0 Å². The number of carbonyl (C=O) groups excluding carboxylic acids is 5. The molecule has 0 aliphatic carbocycles. The van der Waals surface area contributed by atoms with E-state index in [2.05, 4.69) is 20.9 Å². The third-order valence-corrected chi connectivity index (χ3v) is 5.75. The van der Waals surface area contributed by atoms with Crippen molar-refractivity contribution < 1.29 is 33.9 Å². The van der Waals surface area contributed by atoms with E-state index in [4.69, 9.17) is 17.2 Å². The van der Waals surface area contributed by atoms with Gasteiger partial charge in [0, 0.05) is 36.4 Å². The lowest BCUT2D eigenvalue weighted by molar-refractivity contribution is -0.142. The number of benzene rings is 1. The van der Waals surface area contributed by atoms with Gasteiger partial charge < -0.3 is 43.2 Å². The van der Waals surface area contributed by atoms with E-state index in [1.807, 2.05) is 24.3 Å². The van der Waals surface area contributed by atoms with Crippen molar-refractivity contribution in [2.75, 3.05) is 0 Å². The molecule has 206 valence electrons. The van der Waals surface area contributed by atoms with Crippen LogP contribution in [0, 0.1) is 0 Å². The van der Waals surface area contributed by atoms with Crippen molar-refractivity contribution in [1.82, 2.24) is 20.9 Å². The van der Waals surface area contributed by atoms with Gasteiger partial charge in [0.05, 0.1) is 6.04 Å². The van der Waals surface area contributed by atoms with E-state index in [1.165, 1.54) is 6.92 Å². The summed E-state index contributed by atoms with van der Waals surface area (Å²) in [7, 11) is 0. The molecule has 38 heavy (non-hydrogen) atoms. The Balaban J connectivity index is 2.27. The fourth-order valence-corrected chi connectivity index (χ4v) is 3.68. The summed E-state index contributed by atoms with van der Waals surface area (Å²) in [5.74, 6) is -5.21. The Bertz CT molecular complexity index is 1190. The van der Waals surface area contributed by atoms with E-state index in [0.717, 1.165) is 10.9 Å². The summed E-state index contributed by atoms with van der Waals surface area (Å²) >= 11 is 0. The van der Waals surface area contributed by atoms with E-state index in [1.54, 1.807) is 6.20 Å². The van der Waals surface area contributed by atoms with Crippen molar-refractivity contribution in [3.05, 3.63) is 36.0 Å². The molecule has 5 amide bonds. The molecule has 4 atom stereocenters. The van der Waals surface area contributed by atoms with Gasteiger partial charge in [-0.15, -0.1) is 0 Å². The van der Waals surface area contributed by atoms with Crippen LogP contribution in [0.2, 0.25) is 0 Å². The second-order valence-corrected chi connectivity index (χ2v) is 8.88. The number of aromatic nitrogens is 1. The molecule has 14 heteroatoms. The molecule has 1 heterocycles. The number of para-hydroxylation sites is 1. The van der Waals surface area contributed by atoms with Crippen LogP contribution in [-0.2, 0) is 35.2 Å². The highest BCUT2D eigenvalue weighted by molar-refractivity contribution is 5.95. The molecule has 4 unspecified atom stereocenters. The normalized spacial score (nSPS) is 14.1. The Hall–Kier alpha value is -4.46. The molecule has 14 nitrogen and oxygen atoms in total. The van der Waals surface area contributed by atoms with Crippen LogP contribution in [-0.4, -0.2) is 69.8 Å². The lowest BCUT2D eigenvalue weighted by atomic mass is 10.0. The zero-order valence-corrected chi connectivity index (χ0v) is 20.9. The zero-order valence-electron chi connectivity index (χ0n) is 20.9. The summed E-state index contributed by atoms with van der Waals surface area (Å²) in [5.41, 5.74) is 17.4. The Morgan fingerprint density at radius 1 is 0.842 bits per heavy atom. The van der Waals surface area contributed by atoms with Crippen molar-refractivity contribution in [2.45, 2.75) is 63.2 Å². The highest BCUT2D eigenvalue weighted by Crippen LogP contribution is 2.19. The van der Waals surface area contributed by atoms with E-state index < -0.39 is 59.7 Å². The molecule has 0 bridgehead atoms. The summed E-state index contributed by atoms with van der Waals surface area (Å²) in [4.78, 5) is 75.6. The number of hydrogen-bond acceptors (Lipinski definition) is 7. The molecule has 11 N–H and O–H groups in total. The zero-order chi connectivity index (χ0) is 28.4. The number of rotatable bonds is 15. The lowest BCUT2D eigenvalue weighted by Gasteiger charge is -2.25. The smallest absolute Gasteiger partial charge is 0.326 e. The predicted octanol–water partition coefficient (Wildman–Crippen LogP) is -1.87. The van der Waals surface area contributed by atoms with Crippen LogP contribution in [0.3, 0.4) is 0 Å². The van der Waals surface area contributed by atoms with Crippen LogP contribution in [0.25, 0.3) is 10.9 Å². The van der Waals surface area contributed by atoms with E-state index in [-0.39, 0.29) is 32.1 Å². The van der Waals surface area contributed by atoms with Crippen molar-refractivity contribution in [1.29, 1.82) is 0 Å². The SMILES string of the molecule is CC(N)C(=O)NC(Cc1c[nH]c2ccccc12)C(=O)NC(CCC(N)=O)C(=O)NC(CCC(N)=O)C(=O)O. The van der Waals surface area contributed by atoms with Gasteiger partial charge in [0.15, 0.2) is 0 Å². The maximum atomic E-state index is 13.3. The second kappa shape index (κ2) is 13.7. The maximum Gasteiger partial charge on any atom is 0.326 e. The van der Waals surface area contributed by atoms with Gasteiger partial charge in [-0.2, -0.15) is 0 Å². The highest BCUT2D eigenvalue weighted by Gasteiger charge is 2.30. The monoisotopic (exact) mass is 531 g/mol. The predicted molar refractivity (Wildman–Crippen MR) is 136 cm³/mol. The number of carboxylic acids is 1. The van der Waals surface area contributed by atoms with Crippen LogP contribution < -0.4 is 33.2 Å². The van der Waals surface area contributed by atoms with Gasteiger partial charge in [0.25, 0.3) is 0 Å². The number of nitrogens with one attached hydrogen (secondary N) is 4. The molecule has 1 aromatic heterocycles. The Kier molecular flexibility index (Phi) is 10.8. The highest BCUT2D eigenvalue weighted by atomic mass is 16.4. The topological polar surface area (TPSA) is 253 Å². The van der Waals surface area contributed by atoms with Gasteiger partial charge in [-0.1, -0.05) is 18.2 Å². The average Bonchev–Trinajstić information content (AvgIpc) is 3.25. The third kappa shape index (κ3) is 8.89. The average molecular weight is 532 g/mol. The number of carboxylic acid groups (broad SMARTS) is 1. The van der Waals surface area contributed by atoms with Gasteiger partial charge in [0.1, 0.15) is 18.1 Å². The number of amides is 5. The maximum absolute atomic E-state index is 13.3. The number of fused-ring (bicyclic) bond motifs is 1. The molecular weight excluding hydrogens is 498 g/mol. The standard InChI is InChI=1S/C24H33N7O7/c1-12(25)21(34)31-18(10-13-11-28-15-5-3-2-4-14(13)15)23(36)29-16(6-8-19(26)32)22(35)30-17(24(37)38)7-9-20(27)33/h2-5,11-12,16-18,28H,6-10,25H2,1H3,(H2,26,32)(H2,27,33)(H,29,36)(H,30,35)(H,31,34)(H,37,38). The minimum Gasteiger partial charge on any atom is -0.480 e. The number of nitrogens with two attached hydrogens (primary N) is 3. The van der Waals surface area contributed by atoms with Gasteiger partial charge in [0.2, 0.25) is 29.5 Å². The first kappa shape index (κ1) is 29.8. The third-order valence-electron chi connectivity index (χ3n) is 5.75. The van der Waals surface area contributed by atoms with Gasteiger partial charge in [-0.3, -0.25) is 24.0 Å². The molecule has 0 spiro atoms. The summed E-state index contributed by atoms with van der Waals surface area (Å²) in [6, 6.07) is 2.40. The Morgan fingerprint density at radius 2 is 1.37 bits per heavy atom. The molecule has 0 aliphatic rings. The Morgan fingerprint density at radius 3 is 1.95 bits per heavy atom. The summed E-state index contributed by atoms with van der Waals surface area (Å²) in [6.45, 7) is 1.44. The molecular formula is C24H33N7O7. The summed E-state index contributed by atoms with van der Waals surface area (Å²) in [6.07, 6.45) is 0.615. The first-order valence-electron chi connectivity index (χ1n) is 11.9. The molecule has 0 aliphatic heterocycles. The molecule has 0 saturated heterocycles. The molecule has 0 saturated carbocycles.